The third-order valence-corrected chi connectivity index (χ3v) is 4.91. The van der Waals surface area contributed by atoms with Crippen molar-refractivity contribution in [3.05, 3.63) is 81.5 Å². The molecule has 0 spiro atoms. The number of halogens is 4. The Kier molecular flexibility index (Phi) is 7.74. The van der Waals surface area contributed by atoms with Crippen molar-refractivity contribution in [2.24, 2.45) is 5.10 Å². The third-order valence-electron chi connectivity index (χ3n) is 4.32. The van der Waals surface area contributed by atoms with Crippen molar-refractivity contribution in [2.45, 2.75) is 26.6 Å². The van der Waals surface area contributed by atoms with Gasteiger partial charge in [0.2, 0.25) is 0 Å². The van der Waals surface area contributed by atoms with Crippen LogP contribution in [0.3, 0.4) is 0 Å². The van der Waals surface area contributed by atoms with E-state index >= 15 is 0 Å². The van der Waals surface area contributed by atoms with E-state index < -0.39 is 11.7 Å². The third kappa shape index (κ3) is 6.46. The standard InChI is InChI=1S/C23H21BrF3N3O2/c1-3-31-20-11-17(12-29-30-21-9-8-18(13-28-21)23(25,26)27)10-19(24)22(20)32-14-16-6-4-15(2)5-7-16/h4-13H,3,14H2,1-2H3,(H,28,30)/b29-12-. The number of rotatable bonds is 8. The summed E-state index contributed by atoms with van der Waals surface area (Å²) in [6.07, 6.45) is -2.17. The Morgan fingerprint density at radius 2 is 1.84 bits per heavy atom. The Morgan fingerprint density at radius 3 is 2.47 bits per heavy atom. The zero-order valence-electron chi connectivity index (χ0n) is 17.4. The number of hydrogen-bond acceptors (Lipinski definition) is 5. The lowest BCUT2D eigenvalue weighted by molar-refractivity contribution is -0.137. The molecule has 5 nitrogen and oxygen atoms in total. The van der Waals surface area contributed by atoms with Crippen LogP contribution in [0.4, 0.5) is 19.0 Å². The number of hydrazone groups is 1. The first-order valence-corrected chi connectivity index (χ1v) is 10.5. The Morgan fingerprint density at radius 1 is 1.09 bits per heavy atom. The van der Waals surface area contributed by atoms with E-state index in [9.17, 15) is 13.2 Å². The van der Waals surface area contributed by atoms with E-state index in [2.05, 4.69) is 31.4 Å². The molecule has 9 heteroatoms. The molecule has 0 fully saturated rings. The summed E-state index contributed by atoms with van der Waals surface area (Å²) >= 11 is 3.51. The maximum Gasteiger partial charge on any atom is 0.417 e. The minimum atomic E-state index is -4.43. The number of anilines is 1. The van der Waals surface area contributed by atoms with Crippen LogP contribution in [0.15, 0.2) is 64.3 Å². The molecule has 0 aliphatic carbocycles. The number of nitrogens with zero attached hydrogens (tertiary/aromatic N) is 2. The normalized spacial score (nSPS) is 11.6. The molecule has 0 atom stereocenters. The maximum atomic E-state index is 12.6. The van der Waals surface area contributed by atoms with Crippen molar-refractivity contribution in [2.75, 3.05) is 12.0 Å². The lowest BCUT2D eigenvalue weighted by atomic mass is 10.2. The van der Waals surface area contributed by atoms with E-state index in [1.54, 1.807) is 12.1 Å². The first kappa shape index (κ1) is 23.6. The predicted octanol–water partition coefficient (Wildman–Crippen LogP) is 6.60. The average molecular weight is 508 g/mol. The molecular formula is C23H21BrF3N3O2. The van der Waals surface area contributed by atoms with Gasteiger partial charge in [-0.2, -0.15) is 18.3 Å². The molecule has 0 saturated heterocycles. The molecular weight excluding hydrogens is 487 g/mol. The second kappa shape index (κ2) is 10.5. The summed E-state index contributed by atoms with van der Waals surface area (Å²) < 4.78 is 50.2. The van der Waals surface area contributed by atoms with Crippen LogP contribution in [0.2, 0.25) is 0 Å². The summed E-state index contributed by atoms with van der Waals surface area (Å²) in [7, 11) is 0. The average Bonchev–Trinajstić information content (AvgIpc) is 2.74. The molecule has 2 aromatic carbocycles. The molecule has 0 saturated carbocycles. The van der Waals surface area contributed by atoms with E-state index in [-0.39, 0.29) is 5.82 Å². The summed E-state index contributed by atoms with van der Waals surface area (Å²) in [4.78, 5) is 3.71. The smallest absolute Gasteiger partial charge is 0.417 e. The molecule has 0 aliphatic heterocycles. The van der Waals surface area contributed by atoms with Gasteiger partial charge in [0.1, 0.15) is 12.4 Å². The topological polar surface area (TPSA) is 55.7 Å². The SMILES string of the molecule is CCOc1cc(/C=N\Nc2ccc(C(F)(F)F)cn2)cc(Br)c1OCc1ccc(C)cc1. The molecule has 3 rings (SSSR count). The zero-order valence-corrected chi connectivity index (χ0v) is 19.0. The van der Waals surface area contributed by atoms with Crippen molar-refractivity contribution >= 4 is 28.0 Å². The quantitative estimate of drug-likeness (QED) is 0.275. The van der Waals surface area contributed by atoms with E-state index in [0.29, 0.717) is 34.7 Å². The van der Waals surface area contributed by atoms with Gasteiger partial charge >= 0.3 is 6.18 Å². The highest BCUT2D eigenvalue weighted by Crippen LogP contribution is 2.37. The number of pyridine rings is 1. The first-order valence-electron chi connectivity index (χ1n) is 9.73. The number of alkyl halides is 3. The molecule has 3 aromatic rings. The Labute approximate surface area is 192 Å². The molecule has 0 unspecified atom stereocenters. The monoisotopic (exact) mass is 507 g/mol. The fraction of sp³-hybridized carbons (Fsp3) is 0.217. The minimum absolute atomic E-state index is 0.191. The number of nitrogens with one attached hydrogen (secondary N) is 1. The van der Waals surface area contributed by atoms with Gasteiger partial charge in [0.05, 0.1) is 22.9 Å². The van der Waals surface area contributed by atoms with E-state index in [4.69, 9.17) is 9.47 Å². The molecule has 0 radical (unpaired) electrons. The molecule has 1 aromatic heterocycles. The van der Waals surface area contributed by atoms with Gasteiger partial charge < -0.3 is 9.47 Å². The number of hydrogen-bond donors (Lipinski definition) is 1. The van der Waals surface area contributed by atoms with Crippen LogP contribution in [0, 0.1) is 6.92 Å². The largest absolute Gasteiger partial charge is 0.490 e. The molecule has 168 valence electrons. The summed E-state index contributed by atoms with van der Waals surface area (Å²) in [5.41, 5.74) is 4.69. The highest BCUT2D eigenvalue weighted by atomic mass is 79.9. The zero-order chi connectivity index (χ0) is 23.1. The Hall–Kier alpha value is -3.07. The van der Waals surface area contributed by atoms with Crippen LogP contribution in [0.1, 0.15) is 29.2 Å². The van der Waals surface area contributed by atoms with Crippen molar-refractivity contribution in [1.29, 1.82) is 0 Å². The summed E-state index contributed by atoms with van der Waals surface area (Å²) in [5, 5.41) is 4.04. The molecule has 0 aliphatic rings. The lowest BCUT2D eigenvalue weighted by Gasteiger charge is -2.15. The highest BCUT2D eigenvalue weighted by Gasteiger charge is 2.30. The summed E-state index contributed by atoms with van der Waals surface area (Å²) in [6.45, 7) is 4.72. The predicted molar refractivity (Wildman–Crippen MR) is 121 cm³/mol. The fourth-order valence-corrected chi connectivity index (χ4v) is 3.28. The van der Waals surface area contributed by atoms with Crippen LogP contribution in [-0.4, -0.2) is 17.8 Å². The summed E-state index contributed by atoms with van der Waals surface area (Å²) in [6, 6.07) is 13.8. The molecule has 0 bridgehead atoms. The molecule has 32 heavy (non-hydrogen) atoms. The van der Waals surface area contributed by atoms with E-state index in [1.165, 1.54) is 17.8 Å². The molecule has 0 amide bonds. The number of aromatic nitrogens is 1. The fourth-order valence-electron chi connectivity index (χ4n) is 2.71. The van der Waals surface area contributed by atoms with E-state index in [0.717, 1.165) is 17.8 Å². The van der Waals surface area contributed by atoms with Gasteiger partial charge in [-0.3, -0.25) is 5.43 Å². The van der Waals surface area contributed by atoms with Gasteiger partial charge in [0, 0.05) is 6.20 Å². The number of ether oxygens (including phenoxy) is 2. The van der Waals surface area contributed by atoms with Crippen molar-refractivity contribution < 1.29 is 22.6 Å². The highest BCUT2D eigenvalue weighted by molar-refractivity contribution is 9.10. The minimum Gasteiger partial charge on any atom is -0.490 e. The van der Waals surface area contributed by atoms with Crippen LogP contribution >= 0.6 is 15.9 Å². The van der Waals surface area contributed by atoms with Crippen LogP contribution in [0.5, 0.6) is 11.5 Å². The van der Waals surface area contributed by atoms with Crippen LogP contribution in [0.25, 0.3) is 0 Å². The Balaban J connectivity index is 1.71. The van der Waals surface area contributed by atoms with Gasteiger partial charge in [-0.1, -0.05) is 29.8 Å². The van der Waals surface area contributed by atoms with Gasteiger partial charge in [0.15, 0.2) is 11.5 Å². The second-order valence-corrected chi connectivity index (χ2v) is 7.69. The van der Waals surface area contributed by atoms with Gasteiger partial charge in [-0.15, -0.1) is 0 Å². The van der Waals surface area contributed by atoms with Crippen molar-refractivity contribution in [1.82, 2.24) is 4.98 Å². The van der Waals surface area contributed by atoms with Crippen molar-refractivity contribution in [3.63, 3.8) is 0 Å². The molecule has 1 heterocycles. The van der Waals surface area contributed by atoms with Gasteiger partial charge in [-0.25, -0.2) is 4.98 Å². The maximum absolute atomic E-state index is 12.6. The number of benzene rings is 2. The van der Waals surface area contributed by atoms with Crippen molar-refractivity contribution in [3.8, 4) is 11.5 Å². The van der Waals surface area contributed by atoms with Gasteiger partial charge in [-0.05, 0) is 65.2 Å². The number of aryl methyl sites for hydroxylation is 1. The van der Waals surface area contributed by atoms with Crippen LogP contribution < -0.4 is 14.9 Å². The lowest BCUT2D eigenvalue weighted by Crippen LogP contribution is -2.05. The molecule has 1 N–H and O–H groups in total. The first-order chi connectivity index (χ1) is 15.3. The summed E-state index contributed by atoms with van der Waals surface area (Å²) in [5.74, 6) is 1.31. The van der Waals surface area contributed by atoms with Crippen LogP contribution in [-0.2, 0) is 12.8 Å². The van der Waals surface area contributed by atoms with Gasteiger partial charge in [0.25, 0.3) is 0 Å². The Bertz CT molecular complexity index is 1070. The second-order valence-electron chi connectivity index (χ2n) is 6.84. The van der Waals surface area contributed by atoms with E-state index in [1.807, 2.05) is 38.1 Å².